The molecule has 1 aromatic heterocycles. The summed E-state index contributed by atoms with van der Waals surface area (Å²) in [4.78, 5) is 5.75. The summed E-state index contributed by atoms with van der Waals surface area (Å²) in [6.07, 6.45) is 0.440. The van der Waals surface area contributed by atoms with Crippen molar-refractivity contribution in [3.63, 3.8) is 0 Å². The van der Waals surface area contributed by atoms with Gasteiger partial charge in [-0.2, -0.15) is 0 Å². The quantitative estimate of drug-likeness (QED) is 0.879. The van der Waals surface area contributed by atoms with Crippen molar-refractivity contribution >= 4 is 22.9 Å². The van der Waals surface area contributed by atoms with E-state index < -0.39 is 0 Å². The summed E-state index contributed by atoms with van der Waals surface area (Å²) < 4.78 is 13.8. The number of aryl methyl sites for hydroxylation is 1. The smallest absolute Gasteiger partial charge is 0.128 e. The molecule has 20 heavy (non-hydrogen) atoms. The predicted octanol–water partition coefficient (Wildman–Crippen LogP) is 4.51. The van der Waals surface area contributed by atoms with Crippen molar-refractivity contribution in [2.75, 3.05) is 6.54 Å². The molecule has 1 unspecified atom stereocenters. The van der Waals surface area contributed by atoms with Crippen LogP contribution < -0.4 is 5.32 Å². The van der Waals surface area contributed by atoms with Crippen LogP contribution in [0.3, 0.4) is 0 Å². The van der Waals surface area contributed by atoms with Gasteiger partial charge in [0.15, 0.2) is 0 Å². The van der Waals surface area contributed by atoms with E-state index in [1.807, 2.05) is 6.92 Å². The van der Waals surface area contributed by atoms with Crippen molar-refractivity contribution in [1.82, 2.24) is 10.3 Å². The van der Waals surface area contributed by atoms with Gasteiger partial charge in [0.2, 0.25) is 0 Å². The third kappa shape index (κ3) is 3.37. The van der Waals surface area contributed by atoms with Gasteiger partial charge in [-0.1, -0.05) is 24.6 Å². The maximum Gasteiger partial charge on any atom is 0.128 e. The summed E-state index contributed by atoms with van der Waals surface area (Å²) in [6.45, 7) is 7.09. The third-order valence-corrected chi connectivity index (χ3v) is 4.86. The van der Waals surface area contributed by atoms with Crippen molar-refractivity contribution in [2.24, 2.45) is 0 Å². The summed E-state index contributed by atoms with van der Waals surface area (Å²) in [5.41, 5.74) is 1.52. The molecule has 0 fully saturated rings. The number of benzene rings is 1. The van der Waals surface area contributed by atoms with Crippen LogP contribution >= 0.6 is 22.9 Å². The van der Waals surface area contributed by atoms with Gasteiger partial charge in [0.1, 0.15) is 5.82 Å². The van der Waals surface area contributed by atoms with Crippen LogP contribution in [-0.4, -0.2) is 11.5 Å². The van der Waals surface area contributed by atoms with Crippen LogP contribution in [0.25, 0.3) is 0 Å². The van der Waals surface area contributed by atoms with E-state index >= 15 is 0 Å². The van der Waals surface area contributed by atoms with Gasteiger partial charge in [0.25, 0.3) is 0 Å². The largest absolute Gasteiger partial charge is 0.310 e. The van der Waals surface area contributed by atoms with Crippen molar-refractivity contribution in [3.05, 3.63) is 50.2 Å². The van der Waals surface area contributed by atoms with E-state index in [0.717, 1.165) is 17.2 Å². The van der Waals surface area contributed by atoms with Crippen molar-refractivity contribution in [3.8, 4) is 0 Å². The SMILES string of the molecule is CCNC(C)c1sc(Cc2c(F)cccc2Cl)nc1C. The lowest BCUT2D eigenvalue weighted by atomic mass is 10.1. The number of aromatic nitrogens is 1. The van der Waals surface area contributed by atoms with Gasteiger partial charge in [-0.3, -0.25) is 0 Å². The van der Waals surface area contributed by atoms with E-state index in [1.54, 1.807) is 23.5 Å². The molecule has 0 aliphatic heterocycles. The zero-order chi connectivity index (χ0) is 14.7. The second-order valence-electron chi connectivity index (χ2n) is 4.71. The van der Waals surface area contributed by atoms with Gasteiger partial charge in [0, 0.05) is 27.9 Å². The highest BCUT2D eigenvalue weighted by Gasteiger charge is 2.16. The van der Waals surface area contributed by atoms with Crippen LogP contribution in [-0.2, 0) is 6.42 Å². The Morgan fingerprint density at radius 2 is 2.20 bits per heavy atom. The minimum atomic E-state index is -0.272. The highest BCUT2D eigenvalue weighted by Crippen LogP contribution is 2.29. The number of hydrogen-bond donors (Lipinski definition) is 1. The van der Waals surface area contributed by atoms with Crippen molar-refractivity contribution in [2.45, 2.75) is 33.2 Å². The van der Waals surface area contributed by atoms with Gasteiger partial charge < -0.3 is 5.32 Å². The van der Waals surface area contributed by atoms with Crippen LogP contribution in [0.4, 0.5) is 4.39 Å². The average Bonchev–Trinajstić information content (AvgIpc) is 2.75. The molecule has 0 spiro atoms. The lowest BCUT2D eigenvalue weighted by Gasteiger charge is -2.10. The Hall–Kier alpha value is -0.970. The molecular weight excluding hydrogens is 295 g/mol. The molecule has 0 saturated heterocycles. The average molecular weight is 313 g/mol. The molecule has 0 bridgehead atoms. The molecule has 5 heteroatoms. The van der Waals surface area contributed by atoms with Crippen LogP contribution in [0, 0.1) is 12.7 Å². The van der Waals surface area contributed by atoms with E-state index in [4.69, 9.17) is 11.6 Å². The minimum Gasteiger partial charge on any atom is -0.310 e. The van der Waals surface area contributed by atoms with Crippen LogP contribution in [0.15, 0.2) is 18.2 Å². The van der Waals surface area contributed by atoms with Gasteiger partial charge >= 0.3 is 0 Å². The first-order valence-electron chi connectivity index (χ1n) is 6.65. The minimum absolute atomic E-state index is 0.266. The lowest BCUT2D eigenvalue weighted by molar-refractivity contribution is 0.603. The third-order valence-electron chi connectivity index (χ3n) is 3.17. The standard InChI is InChI=1S/C15H18ClFN2S/c1-4-18-9(2)15-10(3)19-14(20-15)8-11-12(16)6-5-7-13(11)17/h5-7,9,18H,4,8H2,1-3H3. The molecule has 108 valence electrons. The Balaban J connectivity index is 2.25. The molecule has 0 saturated carbocycles. The first-order valence-corrected chi connectivity index (χ1v) is 7.84. The van der Waals surface area contributed by atoms with Gasteiger partial charge in [-0.15, -0.1) is 11.3 Å². The number of rotatable bonds is 5. The summed E-state index contributed by atoms with van der Waals surface area (Å²) >= 11 is 7.68. The molecule has 1 N–H and O–H groups in total. The predicted molar refractivity (Wildman–Crippen MR) is 83.2 cm³/mol. The Morgan fingerprint density at radius 1 is 1.45 bits per heavy atom. The van der Waals surface area contributed by atoms with E-state index in [-0.39, 0.29) is 11.9 Å². The molecule has 1 aromatic carbocycles. The van der Waals surface area contributed by atoms with Gasteiger partial charge in [-0.25, -0.2) is 9.37 Å². The second-order valence-corrected chi connectivity index (χ2v) is 6.24. The molecule has 2 rings (SSSR count). The van der Waals surface area contributed by atoms with Gasteiger partial charge in [-0.05, 0) is 32.5 Å². The van der Waals surface area contributed by atoms with E-state index in [2.05, 4.69) is 24.1 Å². The Labute approximate surface area is 128 Å². The summed E-state index contributed by atoms with van der Waals surface area (Å²) in [5.74, 6) is -0.272. The monoisotopic (exact) mass is 312 g/mol. The van der Waals surface area contributed by atoms with E-state index in [1.165, 1.54) is 10.9 Å². The summed E-state index contributed by atoms with van der Waals surface area (Å²) in [6, 6.07) is 5.03. The molecule has 1 heterocycles. The molecule has 0 aliphatic carbocycles. The molecule has 1 atom stereocenters. The summed E-state index contributed by atoms with van der Waals surface area (Å²) in [7, 11) is 0. The highest BCUT2D eigenvalue weighted by molar-refractivity contribution is 7.11. The maximum atomic E-state index is 13.8. The lowest BCUT2D eigenvalue weighted by Crippen LogP contribution is -2.17. The zero-order valence-corrected chi connectivity index (χ0v) is 13.4. The number of nitrogens with one attached hydrogen (secondary N) is 1. The Kier molecular flexibility index (Phi) is 5.13. The normalized spacial score (nSPS) is 12.7. The number of thiazole rings is 1. The number of halogens is 2. The fourth-order valence-corrected chi connectivity index (χ4v) is 3.53. The first kappa shape index (κ1) is 15.4. The topological polar surface area (TPSA) is 24.9 Å². The number of hydrogen-bond acceptors (Lipinski definition) is 3. The van der Waals surface area contributed by atoms with Gasteiger partial charge in [0.05, 0.1) is 10.7 Å². The first-order chi connectivity index (χ1) is 9.52. The number of nitrogens with zero attached hydrogens (tertiary/aromatic N) is 1. The molecule has 2 aromatic rings. The molecule has 0 aliphatic rings. The van der Waals surface area contributed by atoms with Crippen LogP contribution in [0.2, 0.25) is 5.02 Å². The van der Waals surface area contributed by atoms with E-state index in [9.17, 15) is 4.39 Å². The maximum absolute atomic E-state index is 13.8. The molecular formula is C15H18ClFN2S. The second kappa shape index (κ2) is 6.66. The zero-order valence-electron chi connectivity index (χ0n) is 11.8. The molecule has 0 amide bonds. The molecule has 2 nitrogen and oxygen atoms in total. The van der Waals surface area contributed by atoms with Crippen LogP contribution in [0.5, 0.6) is 0 Å². The van der Waals surface area contributed by atoms with Crippen LogP contribution in [0.1, 0.15) is 41.0 Å². The Bertz CT molecular complexity index is 577. The van der Waals surface area contributed by atoms with E-state index in [0.29, 0.717) is 17.0 Å². The molecule has 0 radical (unpaired) electrons. The fourth-order valence-electron chi connectivity index (χ4n) is 2.19. The van der Waals surface area contributed by atoms with Crippen molar-refractivity contribution < 1.29 is 4.39 Å². The van der Waals surface area contributed by atoms with Crippen molar-refractivity contribution in [1.29, 1.82) is 0 Å². The summed E-state index contributed by atoms with van der Waals surface area (Å²) in [5, 5.41) is 4.73. The Morgan fingerprint density at radius 3 is 2.85 bits per heavy atom. The highest BCUT2D eigenvalue weighted by atomic mass is 35.5. The fraction of sp³-hybridized carbons (Fsp3) is 0.400.